The fourth-order valence-corrected chi connectivity index (χ4v) is 2.96. The molecule has 0 radical (unpaired) electrons. The summed E-state index contributed by atoms with van der Waals surface area (Å²) in [6.07, 6.45) is 0. The number of imidazole rings is 1. The molecule has 1 N–H and O–H groups in total. The zero-order valence-electron chi connectivity index (χ0n) is 12.2. The first-order chi connectivity index (χ1) is 9.78. The van der Waals surface area contributed by atoms with Crippen LogP contribution in [0.1, 0.15) is 18.7 Å². The number of fused-ring (bicyclic) bond motifs is 1. The maximum atomic E-state index is 5.61. The molecule has 0 aliphatic carbocycles. The zero-order valence-corrected chi connectivity index (χ0v) is 12.2. The predicted octanol–water partition coefficient (Wildman–Crippen LogP) is 1.77. The van der Waals surface area contributed by atoms with Crippen LogP contribution < -0.4 is 10.1 Å². The minimum Gasteiger partial charge on any atom is -0.497 e. The Balaban J connectivity index is 2.10. The van der Waals surface area contributed by atoms with E-state index < -0.39 is 0 Å². The predicted molar refractivity (Wildman–Crippen MR) is 78.4 cm³/mol. The van der Waals surface area contributed by atoms with Crippen LogP contribution in [0.5, 0.6) is 5.75 Å². The summed E-state index contributed by atoms with van der Waals surface area (Å²) in [6.45, 7) is 4.54. The lowest BCUT2D eigenvalue weighted by Gasteiger charge is -2.17. The molecule has 0 spiro atoms. The molecule has 5 heteroatoms. The summed E-state index contributed by atoms with van der Waals surface area (Å²) >= 11 is 0. The highest BCUT2D eigenvalue weighted by atomic mass is 16.5. The lowest BCUT2D eigenvalue weighted by Crippen LogP contribution is -2.32. The molecule has 1 saturated heterocycles. The molecule has 0 saturated carbocycles. The minimum atomic E-state index is 0.304. The van der Waals surface area contributed by atoms with Crippen molar-refractivity contribution in [2.24, 2.45) is 0 Å². The fourth-order valence-electron chi connectivity index (χ4n) is 2.96. The van der Waals surface area contributed by atoms with E-state index in [1.165, 1.54) is 0 Å². The van der Waals surface area contributed by atoms with Gasteiger partial charge < -0.3 is 19.4 Å². The van der Waals surface area contributed by atoms with Gasteiger partial charge in [0.1, 0.15) is 11.6 Å². The van der Waals surface area contributed by atoms with Crippen molar-refractivity contribution in [2.75, 3.05) is 27.4 Å². The van der Waals surface area contributed by atoms with Crippen LogP contribution in [0, 0.1) is 0 Å². The lowest BCUT2D eigenvalue weighted by molar-refractivity contribution is 0.187. The Morgan fingerprint density at radius 3 is 3.00 bits per heavy atom. The van der Waals surface area contributed by atoms with Crippen molar-refractivity contribution in [1.82, 2.24) is 14.9 Å². The summed E-state index contributed by atoms with van der Waals surface area (Å²) < 4.78 is 13.2. The first-order valence-corrected chi connectivity index (χ1v) is 7.07. The van der Waals surface area contributed by atoms with Crippen LogP contribution in [0.4, 0.5) is 0 Å². The molecule has 5 nitrogen and oxygen atoms in total. The van der Waals surface area contributed by atoms with Crippen LogP contribution in [-0.4, -0.2) is 43.0 Å². The van der Waals surface area contributed by atoms with Crippen molar-refractivity contribution in [3.05, 3.63) is 24.0 Å². The highest BCUT2D eigenvalue weighted by Gasteiger charge is 2.32. The maximum Gasteiger partial charge on any atom is 0.121 e. The number of likely N-dealkylation sites (N-methyl/N-ethyl adjacent to an activating group) is 1. The Morgan fingerprint density at radius 2 is 2.30 bits per heavy atom. The van der Waals surface area contributed by atoms with Crippen LogP contribution in [-0.2, 0) is 11.3 Å². The summed E-state index contributed by atoms with van der Waals surface area (Å²) in [5, 5.41) is 3.33. The van der Waals surface area contributed by atoms with Crippen molar-refractivity contribution in [2.45, 2.75) is 25.4 Å². The van der Waals surface area contributed by atoms with Crippen LogP contribution in [0.2, 0.25) is 0 Å². The number of ether oxygens (including phenoxy) is 2. The van der Waals surface area contributed by atoms with E-state index in [1.807, 2.05) is 19.2 Å². The van der Waals surface area contributed by atoms with Gasteiger partial charge in [0.15, 0.2) is 0 Å². The Bertz CT molecular complexity index is 608. The second-order valence-electron chi connectivity index (χ2n) is 5.11. The molecule has 108 valence electrons. The number of benzene rings is 1. The Hall–Kier alpha value is -1.59. The third-order valence-electron chi connectivity index (χ3n) is 4.08. The van der Waals surface area contributed by atoms with Crippen LogP contribution in [0.15, 0.2) is 18.2 Å². The molecule has 1 fully saturated rings. The normalized spacial score (nSPS) is 22.6. The van der Waals surface area contributed by atoms with E-state index in [4.69, 9.17) is 14.5 Å². The molecule has 1 aliphatic heterocycles. The number of nitrogens with zero attached hydrogens (tertiary/aromatic N) is 2. The van der Waals surface area contributed by atoms with Gasteiger partial charge in [0.25, 0.3) is 0 Å². The second-order valence-corrected chi connectivity index (χ2v) is 5.11. The monoisotopic (exact) mass is 275 g/mol. The Morgan fingerprint density at radius 1 is 1.45 bits per heavy atom. The summed E-state index contributed by atoms with van der Waals surface area (Å²) in [6, 6.07) is 6.40. The largest absolute Gasteiger partial charge is 0.497 e. The molecule has 1 aromatic carbocycles. The highest BCUT2D eigenvalue weighted by molar-refractivity contribution is 5.78. The van der Waals surface area contributed by atoms with Crippen LogP contribution >= 0.6 is 0 Å². The van der Waals surface area contributed by atoms with Crippen molar-refractivity contribution in [1.29, 1.82) is 0 Å². The molecule has 2 unspecified atom stereocenters. The van der Waals surface area contributed by atoms with E-state index in [2.05, 4.69) is 22.9 Å². The summed E-state index contributed by atoms with van der Waals surface area (Å²) in [4.78, 5) is 4.84. The Kier molecular flexibility index (Phi) is 3.63. The van der Waals surface area contributed by atoms with E-state index in [0.29, 0.717) is 12.0 Å². The molecule has 2 atom stereocenters. The van der Waals surface area contributed by atoms with Crippen molar-refractivity contribution in [3.8, 4) is 5.75 Å². The number of hydrogen-bond donors (Lipinski definition) is 1. The van der Waals surface area contributed by atoms with Gasteiger partial charge in [0.2, 0.25) is 0 Å². The molecule has 1 aromatic heterocycles. The number of rotatable bonds is 4. The first-order valence-electron chi connectivity index (χ1n) is 7.07. The van der Waals surface area contributed by atoms with Gasteiger partial charge in [0.05, 0.1) is 37.3 Å². The number of aryl methyl sites for hydroxylation is 1. The number of methoxy groups -OCH3 is 1. The maximum absolute atomic E-state index is 5.61. The van der Waals surface area contributed by atoms with E-state index in [-0.39, 0.29) is 0 Å². The summed E-state index contributed by atoms with van der Waals surface area (Å²) in [5.41, 5.74) is 2.15. The van der Waals surface area contributed by atoms with Crippen LogP contribution in [0.25, 0.3) is 11.0 Å². The molecular formula is C15H21N3O2. The first kappa shape index (κ1) is 13.4. The van der Waals surface area contributed by atoms with Gasteiger partial charge in [-0.1, -0.05) is 0 Å². The third-order valence-corrected chi connectivity index (χ3v) is 4.08. The number of hydrogen-bond acceptors (Lipinski definition) is 4. The van der Waals surface area contributed by atoms with Crippen molar-refractivity contribution >= 4 is 11.0 Å². The van der Waals surface area contributed by atoms with E-state index in [9.17, 15) is 0 Å². The molecule has 0 bridgehead atoms. The minimum absolute atomic E-state index is 0.304. The third kappa shape index (κ3) is 2.07. The summed E-state index contributed by atoms with van der Waals surface area (Å²) in [5.74, 6) is 2.25. The molecule has 20 heavy (non-hydrogen) atoms. The van der Waals surface area contributed by atoms with E-state index >= 15 is 0 Å². The second kappa shape index (κ2) is 5.42. The van der Waals surface area contributed by atoms with Gasteiger partial charge >= 0.3 is 0 Å². The number of nitrogens with one attached hydrogen (secondary N) is 1. The molecule has 2 heterocycles. The fraction of sp³-hybridized carbons (Fsp3) is 0.533. The van der Waals surface area contributed by atoms with Crippen molar-refractivity contribution in [3.63, 3.8) is 0 Å². The van der Waals surface area contributed by atoms with Gasteiger partial charge in [-0.25, -0.2) is 4.98 Å². The highest BCUT2D eigenvalue weighted by Crippen LogP contribution is 2.30. The van der Waals surface area contributed by atoms with Gasteiger partial charge in [-0.05, 0) is 26.1 Å². The molecular weight excluding hydrogens is 254 g/mol. The van der Waals surface area contributed by atoms with Gasteiger partial charge in [-0.3, -0.25) is 0 Å². The molecule has 0 amide bonds. The van der Waals surface area contributed by atoms with Gasteiger partial charge in [0, 0.05) is 18.7 Å². The standard InChI is InChI=1S/C15H21N3O2/c1-4-18-14-6-5-10(19-3)7-12(14)17-15(18)11-8-20-9-13(11)16-2/h5-7,11,13,16H,4,8-9H2,1-3H3. The topological polar surface area (TPSA) is 48.3 Å². The Labute approximate surface area is 118 Å². The number of aromatic nitrogens is 2. The van der Waals surface area contributed by atoms with Gasteiger partial charge in [-0.15, -0.1) is 0 Å². The quantitative estimate of drug-likeness (QED) is 0.924. The van der Waals surface area contributed by atoms with E-state index in [0.717, 1.165) is 42.4 Å². The van der Waals surface area contributed by atoms with Crippen molar-refractivity contribution < 1.29 is 9.47 Å². The van der Waals surface area contributed by atoms with E-state index in [1.54, 1.807) is 7.11 Å². The smallest absolute Gasteiger partial charge is 0.121 e. The van der Waals surface area contributed by atoms with Crippen LogP contribution in [0.3, 0.4) is 0 Å². The average Bonchev–Trinajstić information content (AvgIpc) is 3.09. The molecule has 2 aromatic rings. The lowest BCUT2D eigenvalue weighted by atomic mass is 10.0. The molecule has 1 aliphatic rings. The molecule has 3 rings (SSSR count). The SMILES string of the molecule is CCn1c(C2COCC2NC)nc2cc(OC)ccc21. The summed E-state index contributed by atoms with van der Waals surface area (Å²) in [7, 11) is 3.66. The zero-order chi connectivity index (χ0) is 14.1. The van der Waals surface area contributed by atoms with Gasteiger partial charge in [-0.2, -0.15) is 0 Å². The average molecular weight is 275 g/mol.